The van der Waals surface area contributed by atoms with E-state index < -0.39 is 34.6 Å². The van der Waals surface area contributed by atoms with Crippen molar-refractivity contribution >= 4 is 21.6 Å². The number of rotatable bonds is 4. The van der Waals surface area contributed by atoms with Crippen LogP contribution in [0, 0.1) is 19.8 Å². The molecule has 1 N–H and O–H groups in total. The lowest BCUT2D eigenvalue weighted by Crippen LogP contribution is -2.44. The van der Waals surface area contributed by atoms with E-state index in [0.29, 0.717) is 11.3 Å². The summed E-state index contributed by atoms with van der Waals surface area (Å²) in [6.45, 7) is 3.25. The highest BCUT2D eigenvalue weighted by molar-refractivity contribution is 7.92. The van der Waals surface area contributed by atoms with E-state index in [1.807, 2.05) is 13.0 Å². The van der Waals surface area contributed by atoms with Gasteiger partial charge in [-0.15, -0.1) is 0 Å². The predicted molar refractivity (Wildman–Crippen MR) is 108 cm³/mol. The van der Waals surface area contributed by atoms with Crippen molar-refractivity contribution in [1.82, 2.24) is 4.90 Å². The van der Waals surface area contributed by atoms with E-state index >= 15 is 0 Å². The van der Waals surface area contributed by atoms with E-state index in [-0.39, 0.29) is 29.8 Å². The summed E-state index contributed by atoms with van der Waals surface area (Å²) in [6, 6.07) is 10.9. The van der Waals surface area contributed by atoms with Gasteiger partial charge in [-0.2, -0.15) is 13.2 Å². The minimum absolute atomic E-state index is 0.0128. The number of alkyl halides is 3. The van der Waals surface area contributed by atoms with Gasteiger partial charge in [0, 0.05) is 24.3 Å². The number of benzene rings is 2. The molecule has 5 nitrogen and oxygen atoms in total. The van der Waals surface area contributed by atoms with Crippen LogP contribution in [0.25, 0.3) is 0 Å². The van der Waals surface area contributed by atoms with Crippen LogP contribution in [0.2, 0.25) is 0 Å². The Morgan fingerprint density at radius 3 is 2.53 bits per heavy atom. The Balaban J connectivity index is 1.86. The fourth-order valence-electron chi connectivity index (χ4n) is 3.52. The molecule has 0 radical (unpaired) electrons. The number of carbonyl (C=O) groups excluding carboxylic acids is 1. The number of piperidine rings is 1. The maximum absolute atomic E-state index is 13.1. The van der Waals surface area contributed by atoms with Crippen molar-refractivity contribution < 1.29 is 26.4 Å². The van der Waals surface area contributed by atoms with Crippen LogP contribution in [0.5, 0.6) is 0 Å². The van der Waals surface area contributed by atoms with Crippen LogP contribution in [0.15, 0.2) is 47.4 Å². The summed E-state index contributed by atoms with van der Waals surface area (Å²) in [5.74, 6) is -2.15. The van der Waals surface area contributed by atoms with Gasteiger partial charge in [0.1, 0.15) is 0 Å². The molecule has 1 amide bonds. The van der Waals surface area contributed by atoms with E-state index in [2.05, 4.69) is 4.72 Å². The molecule has 0 aromatic heterocycles. The number of hydrogen-bond acceptors (Lipinski definition) is 3. The van der Waals surface area contributed by atoms with Crippen molar-refractivity contribution in [3.8, 4) is 0 Å². The quantitative estimate of drug-likeness (QED) is 0.760. The highest BCUT2D eigenvalue weighted by Gasteiger charge is 2.42. The molecule has 1 heterocycles. The molecule has 1 aliphatic rings. The van der Waals surface area contributed by atoms with Crippen molar-refractivity contribution in [2.24, 2.45) is 5.92 Å². The third-order valence-electron chi connectivity index (χ3n) is 5.19. The second-order valence-corrected chi connectivity index (χ2v) is 9.27. The Labute approximate surface area is 173 Å². The fourth-order valence-corrected chi connectivity index (χ4v) is 4.60. The molecule has 162 valence electrons. The minimum Gasteiger partial charge on any atom is -0.338 e. The van der Waals surface area contributed by atoms with Crippen LogP contribution in [-0.2, 0) is 10.0 Å². The maximum Gasteiger partial charge on any atom is 0.393 e. The van der Waals surface area contributed by atoms with Gasteiger partial charge in [-0.3, -0.25) is 9.52 Å². The number of carbonyl (C=O) groups is 1. The lowest BCUT2D eigenvalue weighted by Gasteiger charge is -2.34. The summed E-state index contributed by atoms with van der Waals surface area (Å²) >= 11 is 0. The first-order valence-corrected chi connectivity index (χ1v) is 11.0. The number of aryl methyl sites for hydroxylation is 2. The number of halogens is 3. The smallest absolute Gasteiger partial charge is 0.338 e. The van der Waals surface area contributed by atoms with Crippen molar-refractivity contribution in [2.45, 2.75) is 37.8 Å². The van der Waals surface area contributed by atoms with Gasteiger partial charge < -0.3 is 4.90 Å². The van der Waals surface area contributed by atoms with E-state index in [1.165, 1.54) is 18.2 Å². The van der Waals surface area contributed by atoms with Crippen LogP contribution >= 0.6 is 0 Å². The lowest BCUT2D eigenvalue weighted by atomic mass is 9.96. The number of sulfonamides is 1. The summed E-state index contributed by atoms with van der Waals surface area (Å²) in [4.78, 5) is 14.0. The first-order valence-electron chi connectivity index (χ1n) is 9.53. The molecule has 30 heavy (non-hydrogen) atoms. The summed E-state index contributed by atoms with van der Waals surface area (Å²) in [5.41, 5.74) is 1.85. The van der Waals surface area contributed by atoms with Gasteiger partial charge in [0.25, 0.3) is 15.9 Å². The number of hydrogen-bond donors (Lipinski definition) is 1. The van der Waals surface area contributed by atoms with Gasteiger partial charge in [0.15, 0.2) is 0 Å². The zero-order valence-electron chi connectivity index (χ0n) is 16.7. The molecular formula is C21H23F3N2O3S. The third-order valence-corrected chi connectivity index (χ3v) is 6.57. The van der Waals surface area contributed by atoms with E-state index in [9.17, 15) is 26.4 Å². The monoisotopic (exact) mass is 440 g/mol. The molecule has 2 aromatic rings. The van der Waals surface area contributed by atoms with Gasteiger partial charge in [0.05, 0.1) is 10.8 Å². The summed E-state index contributed by atoms with van der Waals surface area (Å²) in [6.07, 6.45) is -4.13. The molecule has 3 rings (SSSR count). The minimum atomic E-state index is -4.36. The number of anilines is 1. The highest BCUT2D eigenvalue weighted by atomic mass is 32.2. The van der Waals surface area contributed by atoms with E-state index in [4.69, 9.17) is 0 Å². The Morgan fingerprint density at radius 1 is 1.13 bits per heavy atom. The van der Waals surface area contributed by atoms with E-state index in [1.54, 1.807) is 25.1 Å². The van der Waals surface area contributed by atoms with Crippen LogP contribution in [0.3, 0.4) is 0 Å². The van der Waals surface area contributed by atoms with Gasteiger partial charge in [-0.1, -0.05) is 18.2 Å². The summed E-state index contributed by atoms with van der Waals surface area (Å²) < 4.78 is 67.3. The Hall–Kier alpha value is -2.55. The zero-order valence-corrected chi connectivity index (χ0v) is 17.5. The van der Waals surface area contributed by atoms with Crippen molar-refractivity contribution in [3.05, 3.63) is 59.2 Å². The Morgan fingerprint density at radius 2 is 1.87 bits per heavy atom. The third kappa shape index (κ3) is 4.95. The first kappa shape index (κ1) is 22.1. The molecule has 1 atom stereocenters. The zero-order chi connectivity index (χ0) is 22.1. The second-order valence-electron chi connectivity index (χ2n) is 7.58. The van der Waals surface area contributed by atoms with Gasteiger partial charge >= 0.3 is 6.18 Å². The largest absolute Gasteiger partial charge is 0.393 e. The number of nitrogens with zero attached hydrogens (tertiary/aromatic N) is 1. The van der Waals surface area contributed by atoms with E-state index in [0.717, 1.165) is 10.5 Å². The molecule has 9 heteroatoms. The normalized spacial score (nSPS) is 17.6. The molecule has 1 aliphatic heterocycles. The molecule has 0 bridgehead atoms. The topological polar surface area (TPSA) is 66.5 Å². The molecule has 0 aliphatic carbocycles. The van der Waals surface area contributed by atoms with Gasteiger partial charge in [-0.25, -0.2) is 8.42 Å². The molecule has 0 saturated carbocycles. The van der Waals surface area contributed by atoms with Crippen molar-refractivity contribution in [2.75, 3.05) is 17.8 Å². The van der Waals surface area contributed by atoms with Crippen molar-refractivity contribution in [1.29, 1.82) is 0 Å². The lowest BCUT2D eigenvalue weighted by molar-refractivity contribution is -0.184. The van der Waals surface area contributed by atoms with Crippen LogP contribution in [-0.4, -0.2) is 38.5 Å². The van der Waals surface area contributed by atoms with Crippen LogP contribution < -0.4 is 4.72 Å². The molecular weight excluding hydrogens is 417 g/mol. The predicted octanol–water partition coefficient (Wildman–Crippen LogP) is 4.52. The highest BCUT2D eigenvalue weighted by Crippen LogP contribution is 2.34. The Kier molecular flexibility index (Phi) is 6.12. The number of amides is 1. The van der Waals surface area contributed by atoms with Crippen LogP contribution in [0.4, 0.5) is 18.9 Å². The average Bonchev–Trinajstić information content (AvgIpc) is 2.67. The molecule has 1 unspecified atom stereocenters. The molecule has 0 spiro atoms. The SMILES string of the molecule is Cc1cccc(NS(=O)(=O)c2ccc(C)c(C(=O)N3CCCC(C(F)(F)F)C3)c2)c1. The molecule has 2 aromatic carbocycles. The van der Waals surface area contributed by atoms with Crippen molar-refractivity contribution in [3.63, 3.8) is 0 Å². The molecule has 1 saturated heterocycles. The standard InChI is InChI=1S/C21H23F3N2O3S/c1-14-5-3-7-17(11-14)25-30(28,29)18-9-8-15(2)19(12-18)20(27)26-10-4-6-16(13-26)21(22,23)24/h3,5,7-9,11-12,16,25H,4,6,10,13H2,1-2H3. The van der Waals surface area contributed by atoms with Gasteiger partial charge in [-0.05, 0) is 62.1 Å². The average molecular weight is 440 g/mol. The van der Waals surface area contributed by atoms with Crippen LogP contribution in [0.1, 0.15) is 34.3 Å². The summed E-state index contributed by atoms with van der Waals surface area (Å²) in [7, 11) is -3.97. The maximum atomic E-state index is 13.1. The molecule has 1 fully saturated rings. The second kappa shape index (κ2) is 8.29. The van der Waals surface area contributed by atoms with Gasteiger partial charge in [0.2, 0.25) is 0 Å². The Bertz CT molecular complexity index is 1050. The fraction of sp³-hybridized carbons (Fsp3) is 0.381. The number of nitrogens with one attached hydrogen (secondary N) is 1. The number of likely N-dealkylation sites (tertiary alicyclic amines) is 1. The first-order chi connectivity index (χ1) is 14.0. The summed E-state index contributed by atoms with van der Waals surface area (Å²) in [5, 5.41) is 0.